The molecule has 0 radical (unpaired) electrons. The zero-order valence-electron chi connectivity index (χ0n) is 15.4. The summed E-state index contributed by atoms with van der Waals surface area (Å²) in [5, 5.41) is 0.961. The molecule has 0 aliphatic heterocycles. The topological polar surface area (TPSA) is 73.3 Å². The van der Waals surface area contributed by atoms with Crippen LogP contribution in [0.5, 0.6) is 0 Å². The number of anilines is 1. The molecule has 1 aliphatic rings. The molecule has 2 heterocycles. The number of rotatable bonds is 2. The maximum Gasteiger partial charge on any atom is 0.294 e. The maximum absolute atomic E-state index is 13.0. The van der Waals surface area contributed by atoms with Crippen LogP contribution in [0.3, 0.4) is 0 Å². The number of benzene rings is 1. The molecule has 5 nitrogen and oxygen atoms in total. The molecule has 0 amide bonds. The molecule has 2 N–H and O–H groups in total. The highest BCUT2D eigenvalue weighted by Gasteiger charge is 2.23. The van der Waals surface area contributed by atoms with Gasteiger partial charge in [-0.1, -0.05) is 43.8 Å². The maximum atomic E-state index is 13.0. The molecule has 3 aromatic rings. The normalized spacial score (nSPS) is 14.7. The summed E-state index contributed by atoms with van der Waals surface area (Å²) in [4.78, 5) is 24.6. The quantitative estimate of drug-likeness (QED) is 0.666. The molecule has 140 valence electrons. The molecule has 0 saturated heterocycles. The Balaban J connectivity index is 2.00. The highest BCUT2D eigenvalue weighted by atomic mass is 32.2. The number of aromatic nitrogens is 2. The van der Waals surface area contributed by atoms with Crippen LogP contribution in [-0.2, 0) is 12.8 Å². The Morgan fingerprint density at radius 1 is 1.26 bits per heavy atom. The van der Waals surface area contributed by atoms with Gasteiger partial charge in [0, 0.05) is 10.1 Å². The Labute approximate surface area is 166 Å². The Bertz CT molecular complexity index is 1070. The van der Waals surface area contributed by atoms with Crippen LogP contribution in [0, 0.1) is 0 Å². The standard InChI is InChI=1S/C20H22N4OS2/c1-12(2)26-20(25)24-17(21)16-14-10-6-7-11-15(14)27-18(16)23-19(24)22-13-8-4-3-5-9-13/h3-5,8-9,12H,6-7,10-11,21H2,1-2H3. The van der Waals surface area contributed by atoms with Gasteiger partial charge in [0.05, 0.1) is 11.1 Å². The lowest BCUT2D eigenvalue weighted by Crippen LogP contribution is -2.30. The largest absolute Gasteiger partial charge is 0.384 e. The number of thioether (sulfide) groups is 1. The third-order valence-electron chi connectivity index (χ3n) is 4.56. The number of aryl methyl sites for hydroxylation is 2. The third kappa shape index (κ3) is 3.53. The van der Waals surface area contributed by atoms with Gasteiger partial charge in [0.15, 0.2) is 0 Å². The second-order valence-electron chi connectivity index (χ2n) is 6.90. The van der Waals surface area contributed by atoms with E-state index in [-0.39, 0.29) is 10.5 Å². The molecule has 2 aromatic heterocycles. The summed E-state index contributed by atoms with van der Waals surface area (Å²) in [6.07, 6.45) is 4.42. The zero-order valence-corrected chi connectivity index (χ0v) is 17.1. The van der Waals surface area contributed by atoms with E-state index in [1.165, 1.54) is 33.2 Å². The van der Waals surface area contributed by atoms with E-state index in [1.807, 2.05) is 44.2 Å². The van der Waals surface area contributed by atoms with Gasteiger partial charge in [0.25, 0.3) is 5.24 Å². The van der Waals surface area contributed by atoms with Crippen molar-refractivity contribution in [2.45, 2.75) is 44.8 Å². The highest BCUT2D eigenvalue weighted by molar-refractivity contribution is 8.14. The lowest BCUT2D eigenvalue weighted by molar-refractivity contribution is 0.261. The van der Waals surface area contributed by atoms with Gasteiger partial charge in [-0.25, -0.2) is 14.5 Å². The molecule has 7 heteroatoms. The van der Waals surface area contributed by atoms with E-state index in [0.717, 1.165) is 35.2 Å². The zero-order chi connectivity index (χ0) is 19.0. The van der Waals surface area contributed by atoms with E-state index < -0.39 is 0 Å². The fourth-order valence-corrected chi connectivity index (χ4v) is 5.33. The van der Waals surface area contributed by atoms with Gasteiger partial charge in [0.1, 0.15) is 10.6 Å². The first-order valence-corrected chi connectivity index (χ1v) is 10.9. The lowest BCUT2D eigenvalue weighted by atomic mass is 9.97. The lowest BCUT2D eigenvalue weighted by Gasteiger charge is -2.14. The van der Waals surface area contributed by atoms with E-state index in [1.54, 1.807) is 11.3 Å². The summed E-state index contributed by atoms with van der Waals surface area (Å²) >= 11 is 2.93. The van der Waals surface area contributed by atoms with Gasteiger partial charge in [0.2, 0.25) is 5.62 Å². The first kappa shape index (κ1) is 18.3. The van der Waals surface area contributed by atoms with Crippen molar-refractivity contribution < 1.29 is 4.79 Å². The molecule has 0 spiro atoms. The molecule has 0 fully saturated rings. The van der Waals surface area contributed by atoms with E-state index in [4.69, 9.17) is 10.7 Å². The van der Waals surface area contributed by atoms with Gasteiger partial charge in [-0.3, -0.25) is 4.79 Å². The van der Waals surface area contributed by atoms with Crippen molar-refractivity contribution in [2.24, 2.45) is 4.99 Å². The number of nitrogen functional groups attached to an aromatic ring is 1. The fourth-order valence-electron chi connectivity index (χ4n) is 3.38. The van der Waals surface area contributed by atoms with E-state index in [2.05, 4.69) is 4.99 Å². The van der Waals surface area contributed by atoms with Crippen LogP contribution in [0.1, 0.15) is 37.1 Å². The summed E-state index contributed by atoms with van der Waals surface area (Å²) in [7, 11) is 0. The summed E-state index contributed by atoms with van der Waals surface area (Å²) in [6.45, 7) is 3.98. The molecule has 1 aromatic carbocycles. The second kappa shape index (κ2) is 7.48. The smallest absolute Gasteiger partial charge is 0.294 e. The number of hydrogen-bond acceptors (Lipinski definition) is 6. The van der Waals surface area contributed by atoms with Crippen molar-refractivity contribution in [3.63, 3.8) is 0 Å². The first-order valence-electron chi connectivity index (χ1n) is 9.18. The molecule has 27 heavy (non-hydrogen) atoms. The minimum absolute atomic E-state index is 0.137. The van der Waals surface area contributed by atoms with Gasteiger partial charge in [-0.05, 0) is 43.4 Å². The van der Waals surface area contributed by atoms with Crippen molar-refractivity contribution in [1.29, 1.82) is 0 Å². The number of fused-ring (bicyclic) bond motifs is 3. The molecular weight excluding hydrogens is 376 g/mol. The molecule has 4 rings (SSSR count). The van der Waals surface area contributed by atoms with Crippen LogP contribution in [0.2, 0.25) is 0 Å². The molecule has 0 saturated carbocycles. The van der Waals surface area contributed by atoms with E-state index >= 15 is 0 Å². The van der Waals surface area contributed by atoms with Crippen LogP contribution in [0.4, 0.5) is 16.3 Å². The summed E-state index contributed by atoms with van der Waals surface area (Å²) in [5.74, 6) is 0.465. The second-order valence-corrected chi connectivity index (χ2v) is 9.51. The van der Waals surface area contributed by atoms with Crippen LogP contribution in [0.15, 0.2) is 35.3 Å². The van der Waals surface area contributed by atoms with Gasteiger partial charge in [-0.2, -0.15) is 0 Å². The third-order valence-corrected chi connectivity index (χ3v) is 6.60. The number of nitrogens with zero attached hydrogens (tertiary/aromatic N) is 3. The Kier molecular flexibility index (Phi) is 5.06. The average Bonchev–Trinajstić information content (AvgIpc) is 3.00. The van der Waals surface area contributed by atoms with Gasteiger partial charge in [-0.15, -0.1) is 11.3 Å². The summed E-state index contributed by atoms with van der Waals surface area (Å²) in [6, 6.07) is 9.56. The first-order chi connectivity index (χ1) is 13.0. The number of carbonyl (C=O) groups excluding carboxylic acids is 1. The van der Waals surface area contributed by atoms with Gasteiger partial charge < -0.3 is 5.73 Å². The van der Waals surface area contributed by atoms with Crippen molar-refractivity contribution in [3.8, 4) is 0 Å². The number of para-hydroxylation sites is 1. The van der Waals surface area contributed by atoms with Crippen molar-refractivity contribution in [3.05, 3.63) is 46.4 Å². The highest BCUT2D eigenvalue weighted by Crippen LogP contribution is 2.37. The molecule has 0 unspecified atom stereocenters. The van der Waals surface area contributed by atoms with Crippen molar-refractivity contribution in [1.82, 2.24) is 9.55 Å². The summed E-state index contributed by atoms with van der Waals surface area (Å²) < 4.78 is 1.49. The Hall–Kier alpha value is -2.12. The minimum atomic E-state index is -0.137. The SMILES string of the molecule is CC(C)SC(=O)n1c(N)c2c3c(sc2nc1=Nc1ccccc1)CCCC3. The Morgan fingerprint density at radius 2 is 2.00 bits per heavy atom. The average molecular weight is 399 g/mol. The number of thiophene rings is 1. The van der Waals surface area contributed by atoms with E-state index in [0.29, 0.717) is 11.4 Å². The van der Waals surface area contributed by atoms with Crippen molar-refractivity contribution >= 4 is 50.1 Å². The van der Waals surface area contributed by atoms with Crippen LogP contribution >= 0.6 is 23.1 Å². The van der Waals surface area contributed by atoms with Crippen LogP contribution in [-0.4, -0.2) is 20.0 Å². The number of hydrogen-bond donors (Lipinski definition) is 1. The predicted octanol–water partition coefficient (Wildman–Crippen LogP) is 4.90. The summed E-state index contributed by atoms with van der Waals surface area (Å²) in [5.41, 5.74) is 8.93. The van der Waals surface area contributed by atoms with Crippen LogP contribution in [0.25, 0.3) is 10.2 Å². The van der Waals surface area contributed by atoms with Gasteiger partial charge >= 0.3 is 0 Å². The predicted molar refractivity (Wildman–Crippen MR) is 114 cm³/mol. The minimum Gasteiger partial charge on any atom is -0.384 e. The monoisotopic (exact) mass is 398 g/mol. The molecule has 0 bridgehead atoms. The molecule has 0 atom stereocenters. The fraction of sp³-hybridized carbons (Fsp3) is 0.350. The molecule has 1 aliphatic carbocycles. The number of carbonyl (C=O) groups is 1. The van der Waals surface area contributed by atoms with Crippen molar-refractivity contribution in [2.75, 3.05) is 5.73 Å². The molecular formula is C20H22N4OS2. The Morgan fingerprint density at radius 3 is 2.74 bits per heavy atom. The van der Waals surface area contributed by atoms with E-state index in [9.17, 15) is 4.79 Å². The number of nitrogens with two attached hydrogens (primary N) is 1. The van der Waals surface area contributed by atoms with Crippen LogP contribution < -0.4 is 11.4 Å².